The first-order valence-electron chi connectivity index (χ1n) is 11.5. The Labute approximate surface area is 209 Å². The van der Waals surface area contributed by atoms with E-state index in [2.05, 4.69) is 32.4 Å². The molecule has 0 spiro atoms. The van der Waals surface area contributed by atoms with Gasteiger partial charge in [-0.15, -0.1) is 10.2 Å². The lowest BCUT2D eigenvalue weighted by Crippen LogP contribution is -2.44. The summed E-state index contributed by atoms with van der Waals surface area (Å²) in [6, 6.07) is 20.6. The van der Waals surface area contributed by atoms with Gasteiger partial charge in [-0.3, -0.25) is 4.79 Å². The van der Waals surface area contributed by atoms with Gasteiger partial charge in [-0.1, -0.05) is 29.3 Å². The molecule has 8 heteroatoms. The summed E-state index contributed by atoms with van der Waals surface area (Å²) < 4.78 is 5.86. The van der Waals surface area contributed by atoms with Crippen molar-refractivity contribution < 1.29 is 9.21 Å². The predicted molar refractivity (Wildman–Crippen MR) is 139 cm³/mol. The number of anilines is 2. The van der Waals surface area contributed by atoms with Crippen LogP contribution in [0.1, 0.15) is 15.9 Å². The van der Waals surface area contributed by atoms with Crippen LogP contribution in [-0.4, -0.2) is 54.2 Å². The molecule has 0 atom stereocenters. The number of rotatable bonds is 5. The molecule has 0 bridgehead atoms. The minimum Gasteiger partial charge on any atom is -0.416 e. The number of halogens is 1. The van der Waals surface area contributed by atoms with Crippen LogP contribution in [0.25, 0.3) is 22.9 Å². The van der Waals surface area contributed by atoms with Crippen molar-refractivity contribution in [3.63, 3.8) is 0 Å². The summed E-state index contributed by atoms with van der Waals surface area (Å²) in [5.41, 5.74) is 4.94. The number of hydrogen-bond acceptors (Lipinski definition) is 6. The Morgan fingerprint density at radius 3 is 2.34 bits per heavy atom. The van der Waals surface area contributed by atoms with Gasteiger partial charge < -0.3 is 19.5 Å². The van der Waals surface area contributed by atoms with Crippen LogP contribution in [0.5, 0.6) is 0 Å². The SMILES string of the molecule is Cc1cccc(-c2nnc(-c3ccc(C(=O)Nc4cc(Cl)ccc4N4CCN(C)CC4)cc3)o2)c1. The van der Waals surface area contributed by atoms with E-state index in [1.165, 1.54) is 0 Å². The van der Waals surface area contributed by atoms with Crippen LogP contribution in [0.3, 0.4) is 0 Å². The van der Waals surface area contributed by atoms with E-state index in [1.54, 1.807) is 18.2 Å². The molecule has 5 rings (SSSR count). The molecule has 1 fully saturated rings. The molecule has 178 valence electrons. The number of piperazine rings is 1. The Morgan fingerprint density at radius 2 is 1.63 bits per heavy atom. The molecule has 1 saturated heterocycles. The molecule has 3 aromatic carbocycles. The molecule has 7 nitrogen and oxygen atoms in total. The average molecular weight is 488 g/mol. The first-order valence-corrected chi connectivity index (χ1v) is 11.9. The number of nitrogens with zero attached hydrogens (tertiary/aromatic N) is 4. The van der Waals surface area contributed by atoms with Crippen LogP contribution >= 0.6 is 11.6 Å². The Kier molecular flexibility index (Phi) is 6.53. The molecule has 1 N–H and O–H groups in total. The van der Waals surface area contributed by atoms with Gasteiger partial charge in [-0.25, -0.2) is 0 Å². The Morgan fingerprint density at radius 1 is 0.914 bits per heavy atom. The van der Waals surface area contributed by atoms with Gasteiger partial charge in [0, 0.05) is 47.9 Å². The summed E-state index contributed by atoms with van der Waals surface area (Å²) in [7, 11) is 2.11. The van der Waals surface area contributed by atoms with Crippen LogP contribution < -0.4 is 10.2 Å². The summed E-state index contributed by atoms with van der Waals surface area (Å²) in [6.45, 7) is 5.74. The third-order valence-corrected chi connectivity index (χ3v) is 6.37. The first kappa shape index (κ1) is 23.1. The fourth-order valence-electron chi connectivity index (χ4n) is 4.12. The Hall–Kier alpha value is -3.68. The molecular weight excluding hydrogens is 462 g/mol. The molecule has 0 unspecified atom stereocenters. The van der Waals surface area contributed by atoms with Crippen LogP contribution in [0, 0.1) is 6.92 Å². The van der Waals surface area contributed by atoms with E-state index in [1.807, 2.05) is 55.5 Å². The number of hydrogen-bond donors (Lipinski definition) is 1. The van der Waals surface area contributed by atoms with Crippen molar-refractivity contribution in [3.05, 3.63) is 82.9 Å². The van der Waals surface area contributed by atoms with Gasteiger partial charge in [0.25, 0.3) is 5.91 Å². The second-order valence-corrected chi connectivity index (χ2v) is 9.20. The number of likely N-dealkylation sites (N-methyl/N-ethyl adjacent to an activating group) is 1. The van der Waals surface area contributed by atoms with E-state index in [0.717, 1.165) is 48.6 Å². The molecule has 1 aliphatic heterocycles. The van der Waals surface area contributed by atoms with Crippen LogP contribution in [0.2, 0.25) is 5.02 Å². The monoisotopic (exact) mass is 487 g/mol. The number of carbonyl (C=O) groups is 1. The predicted octanol–water partition coefficient (Wildman–Crippen LogP) is 5.37. The van der Waals surface area contributed by atoms with Crippen molar-refractivity contribution in [2.24, 2.45) is 0 Å². The zero-order chi connectivity index (χ0) is 24.4. The first-order chi connectivity index (χ1) is 17.0. The maximum absolute atomic E-state index is 13.0. The lowest BCUT2D eigenvalue weighted by Gasteiger charge is -2.35. The fourth-order valence-corrected chi connectivity index (χ4v) is 4.30. The lowest BCUT2D eigenvalue weighted by atomic mass is 10.1. The largest absolute Gasteiger partial charge is 0.416 e. The third-order valence-electron chi connectivity index (χ3n) is 6.13. The van der Waals surface area contributed by atoms with E-state index in [0.29, 0.717) is 28.1 Å². The summed E-state index contributed by atoms with van der Waals surface area (Å²) in [5, 5.41) is 12.0. The van der Waals surface area contributed by atoms with Crippen molar-refractivity contribution >= 4 is 28.9 Å². The number of carbonyl (C=O) groups excluding carboxylic acids is 1. The molecule has 0 radical (unpaired) electrons. The van der Waals surface area contributed by atoms with Crippen molar-refractivity contribution in [3.8, 4) is 22.9 Å². The van der Waals surface area contributed by atoms with Gasteiger partial charge in [-0.05, 0) is 68.6 Å². The number of nitrogens with one attached hydrogen (secondary N) is 1. The minimum absolute atomic E-state index is 0.208. The molecule has 0 aliphatic carbocycles. The maximum Gasteiger partial charge on any atom is 0.255 e. The second-order valence-electron chi connectivity index (χ2n) is 8.77. The molecule has 35 heavy (non-hydrogen) atoms. The number of aryl methyl sites for hydroxylation is 1. The van der Waals surface area contributed by atoms with Crippen LogP contribution in [0.15, 0.2) is 71.1 Å². The Balaban J connectivity index is 1.32. The third kappa shape index (κ3) is 5.21. The van der Waals surface area contributed by atoms with E-state index in [9.17, 15) is 4.79 Å². The fraction of sp³-hybridized carbons (Fsp3) is 0.222. The zero-order valence-corrected chi connectivity index (χ0v) is 20.4. The highest BCUT2D eigenvalue weighted by Crippen LogP contribution is 2.31. The van der Waals surface area contributed by atoms with Gasteiger partial charge >= 0.3 is 0 Å². The van der Waals surface area contributed by atoms with Crippen molar-refractivity contribution in [1.82, 2.24) is 15.1 Å². The molecule has 1 aliphatic rings. The summed E-state index contributed by atoms with van der Waals surface area (Å²) >= 11 is 6.25. The number of aromatic nitrogens is 2. The molecule has 4 aromatic rings. The number of benzene rings is 3. The van der Waals surface area contributed by atoms with Crippen molar-refractivity contribution in [1.29, 1.82) is 0 Å². The summed E-state index contributed by atoms with van der Waals surface area (Å²) in [6.07, 6.45) is 0. The minimum atomic E-state index is -0.208. The van der Waals surface area contributed by atoms with E-state index in [-0.39, 0.29) is 5.91 Å². The zero-order valence-electron chi connectivity index (χ0n) is 19.7. The highest BCUT2D eigenvalue weighted by atomic mass is 35.5. The maximum atomic E-state index is 13.0. The van der Waals surface area contributed by atoms with Crippen LogP contribution in [0.4, 0.5) is 11.4 Å². The second kappa shape index (κ2) is 9.90. The van der Waals surface area contributed by atoms with Gasteiger partial charge in [0.15, 0.2) is 0 Å². The highest BCUT2D eigenvalue weighted by Gasteiger charge is 2.19. The number of amides is 1. The quantitative estimate of drug-likeness (QED) is 0.408. The lowest BCUT2D eigenvalue weighted by molar-refractivity contribution is 0.102. The van der Waals surface area contributed by atoms with Crippen molar-refractivity contribution in [2.45, 2.75) is 6.92 Å². The molecule has 1 aromatic heterocycles. The highest BCUT2D eigenvalue weighted by molar-refractivity contribution is 6.31. The van der Waals surface area contributed by atoms with Gasteiger partial charge in [0.1, 0.15) is 0 Å². The topological polar surface area (TPSA) is 74.5 Å². The van der Waals surface area contributed by atoms with Gasteiger partial charge in [-0.2, -0.15) is 0 Å². The molecule has 0 saturated carbocycles. The normalized spacial score (nSPS) is 14.2. The van der Waals surface area contributed by atoms with E-state index >= 15 is 0 Å². The standard InChI is InChI=1S/C27H26ClN5O2/c1-18-4-3-5-21(16-18)27-31-30-26(35-27)20-8-6-19(7-9-20)25(34)29-23-17-22(28)10-11-24(23)33-14-12-32(2)13-15-33/h3-11,16-17H,12-15H2,1-2H3,(H,29,34). The Bertz CT molecular complexity index is 1340. The molecule has 2 heterocycles. The van der Waals surface area contributed by atoms with E-state index < -0.39 is 0 Å². The molecular formula is C27H26ClN5O2. The summed E-state index contributed by atoms with van der Waals surface area (Å²) in [5.74, 6) is 0.656. The van der Waals surface area contributed by atoms with Crippen LogP contribution in [-0.2, 0) is 0 Å². The molecule has 1 amide bonds. The smallest absolute Gasteiger partial charge is 0.255 e. The summed E-state index contributed by atoms with van der Waals surface area (Å²) in [4.78, 5) is 17.6. The van der Waals surface area contributed by atoms with Crippen molar-refractivity contribution in [2.75, 3.05) is 43.4 Å². The van der Waals surface area contributed by atoms with Gasteiger partial charge in [0.2, 0.25) is 11.8 Å². The van der Waals surface area contributed by atoms with Gasteiger partial charge in [0.05, 0.1) is 11.4 Å². The average Bonchev–Trinajstić information content (AvgIpc) is 3.36. The van der Waals surface area contributed by atoms with E-state index in [4.69, 9.17) is 16.0 Å².